The lowest BCUT2D eigenvalue weighted by Crippen LogP contribution is -2.21. The summed E-state index contributed by atoms with van der Waals surface area (Å²) >= 11 is 0. The zero-order chi connectivity index (χ0) is 15.9. The van der Waals surface area contributed by atoms with Gasteiger partial charge in [-0.15, -0.1) is 0 Å². The molecule has 2 aromatic rings. The number of hydrogen-bond acceptors (Lipinski definition) is 6. The quantitative estimate of drug-likeness (QED) is 0.851. The molecule has 3 heterocycles. The smallest absolute Gasteiger partial charge is 0.343 e. The molecule has 1 N–H and O–H groups in total. The molecule has 7 nitrogen and oxygen atoms in total. The standard InChI is InChI=1S/C15H16N2O5/c1-3-17-6-9(15(20)21-4-2)13(19)8-5-11-12(16-14(8)17)10(18)7-22-11/h5-6,10,18H,3-4,7H2,1-2H3. The molecular weight excluding hydrogens is 288 g/mol. The summed E-state index contributed by atoms with van der Waals surface area (Å²) in [7, 11) is 0. The van der Waals surface area contributed by atoms with E-state index in [0.717, 1.165) is 0 Å². The van der Waals surface area contributed by atoms with Gasteiger partial charge in [0, 0.05) is 12.7 Å². The molecule has 0 aromatic carbocycles. The number of aryl methyl sites for hydroxylation is 1. The Hall–Kier alpha value is -2.41. The number of esters is 1. The van der Waals surface area contributed by atoms with Crippen LogP contribution in [-0.4, -0.2) is 33.8 Å². The third-order valence-corrected chi connectivity index (χ3v) is 3.59. The van der Waals surface area contributed by atoms with E-state index >= 15 is 0 Å². The van der Waals surface area contributed by atoms with Crippen molar-refractivity contribution in [3.8, 4) is 5.75 Å². The van der Waals surface area contributed by atoms with Gasteiger partial charge in [0.1, 0.15) is 35.4 Å². The molecule has 22 heavy (non-hydrogen) atoms. The number of fused-ring (bicyclic) bond motifs is 2. The van der Waals surface area contributed by atoms with Crippen LogP contribution in [0.2, 0.25) is 0 Å². The Balaban J connectivity index is 2.29. The molecule has 1 aliphatic heterocycles. The summed E-state index contributed by atoms with van der Waals surface area (Å²) in [6, 6.07) is 1.53. The van der Waals surface area contributed by atoms with Crippen LogP contribution >= 0.6 is 0 Å². The van der Waals surface area contributed by atoms with Crippen molar-refractivity contribution in [1.82, 2.24) is 9.55 Å². The van der Waals surface area contributed by atoms with Crippen LogP contribution in [0.1, 0.15) is 36.0 Å². The largest absolute Gasteiger partial charge is 0.488 e. The molecule has 1 unspecified atom stereocenters. The van der Waals surface area contributed by atoms with E-state index in [0.29, 0.717) is 23.6 Å². The number of ether oxygens (including phenoxy) is 2. The van der Waals surface area contributed by atoms with E-state index in [2.05, 4.69) is 4.98 Å². The molecule has 0 fully saturated rings. The fourth-order valence-corrected chi connectivity index (χ4v) is 2.50. The van der Waals surface area contributed by atoms with Crippen LogP contribution in [0.4, 0.5) is 0 Å². The van der Waals surface area contributed by atoms with E-state index < -0.39 is 17.5 Å². The van der Waals surface area contributed by atoms with E-state index in [1.54, 1.807) is 11.5 Å². The van der Waals surface area contributed by atoms with Crippen LogP contribution in [0.15, 0.2) is 17.1 Å². The molecule has 0 bridgehead atoms. The fourth-order valence-electron chi connectivity index (χ4n) is 2.50. The first-order valence-electron chi connectivity index (χ1n) is 7.12. The molecule has 0 saturated heterocycles. The zero-order valence-electron chi connectivity index (χ0n) is 12.3. The molecule has 1 aliphatic rings. The molecule has 0 saturated carbocycles. The fraction of sp³-hybridized carbons (Fsp3) is 0.400. The number of aliphatic hydroxyl groups excluding tert-OH is 1. The molecule has 0 spiro atoms. The lowest BCUT2D eigenvalue weighted by molar-refractivity contribution is 0.0524. The van der Waals surface area contributed by atoms with Gasteiger partial charge in [0.15, 0.2) is 0 Å². The van der Waals surface area contributed by atoms with Gasteiger partial charge in [0.25, 0.3) is 0 Å². The molecule has 2 aromatic heterocycles. The van der Waals surface area contributed by atoms with Crippen molar-refractivity contribution in [2.75, 3.05) is 13.2 Å². The third-order valence-electron chi connectivity index (χ3n) is 3.59. The first kappa shape index (κ1) is 14.5. The van der Waals surface area contributed by atoms with Gasteiger partial charge < -0.3 is 19.1 Å². The van der Waals surface area contributed by atoms with E-state index in [9.17, 15) is 14.7 Å². The van der Waals surface area contributed by atoms with E-state index in [4.69, 9.17) is 9.47 Å². The predicted octanol–water partition coefficient (Wildman–Crippen LogP) is 1.02. The maximum absolute atomic E-state index is 12.5. The monoisotopic (exact) mass is 304 g/mol. The van der Waals surface area contributed by atoms with Crippen LogP contribution in [-0.2, 0) is 11.3 Å². The Morgan fingerprint density at radius 2 is 2.32 bits per heavy atom. The lowest BCUT2D eigenvalue weighted by atomic mass is 10.1. The van der Waals surface area contributed by atoms with E-state index in [-0.39, 0.29) is 24.2 Å². The number of hydrogen-bond donors (Lipinski definition) is 1. The summed E-state index contributed by atoms with van der Waals surface area (Å²) < 4.78 is 11.9. The second-order valence-electron chi connectivity index (χ2n) is 4.95. The second-order valence-corrected chi connectivity index (χ2v) is 4.95. The van der Waals surface area contributed by atoms with Crippen molar-refractivity contribution >= 4 is 17.0 Å². The molecule has 0 amide bonds. The normalized spacial score (nSPS) is 16.4. The average Bonchev–Trinajstić information content (AvgIpc) is 2.87. The molecule has 0 aliphatic carbocycles. The van der Waals surface area contributed by atoms with E-state index in [1.165, 1.54) is 12.3 Å². The second kappa shape index (κ2) is 5.42. The zero-order valence-corrected chi connectivity index (χ0v) is 12.3. The topological polar surface area (TPSA) is 90.7 Å². The Bertz CT molecular complexity index is 812. The van der Waals surface area contributed by atoms with Crippen LogP contribution in [0.3, 0.4) is 0 Å². The molecule has 7 heteroatoms. The molecule has 0 radical (unpaired) electrons. The predicted molar refractivity (Wildman–Crippen MR) is 78.1 cm³/mol. The number of aliphatic hydroxyl groups is 1. The average molecular weight is 304 g/mol. The summed E-state index contributed by atoms with van der Waals surface area (Å²) in [5.74, 6) is -0.279. The van der Waals surface area contributed by atoms with Crippen molar-refractivity contribution in [3.05, 3.63) is 33.7 Å². The molecule has 3 rings (SSSR count). The first-order chi connectivity index (χ1) is 10.6. The number of nitrogens with zero attached hydrogens (tertiary/aromatic N) is 2. The molecule has 116 valence electrons. The number of pyridine rings is 2. The van der Waals surface area contributed by atoms with Crippen molar-refractivity contribution in [2.24, 2.45) is 0 Å². The highest BCUT2D eigenvalue weighted by Crippen LogP contribution is 2.32. The number of rotatable bonds is 3. The number of aromatic nitrogens is 2. The van der Waals surface area contributed by atoms with Gasteiger partial charge in [-0.05, 0) is 19.9 Å². The Kier molecular flexibility index (Phi) is 3.58. The molecular formula is C15H16N2O5. The van der Waals surface area contributed by atoms with Crippen molar-refractivity contribution < 1.29 is 19.4 Å². The Morgan fingerprint density at radius 3 is 3.00 bits per heavy atom. The number of carbonyl (C=O) groups excluding carboxylic acids is 1. The van der Waals surface area contributed by atoms with Gasteiger partial charge in [0.2, 0.25) is 5.43 Å². The summed E-state index contributed by atoms with van der Waals surface area (Å²) in [6.45, 7) is 4.39. The van der Waals surface area contributed by atoms with Gasteiger partial charge in [-0.3, -0.25) is 4.79 Å². The van der Waals surface area contributed by atoms with Crippen LogP contribution in [0.25, 0.3) is 11.0 Å². The SMILES string of the molecule is CCOC(=O)c1cn(CC)c2nc3c(cc2c1=O)OCC3O. The summed E-state index contributed by atoms with van der Waals surface area (Å²) in [5.41, 5.74) is 0.358. The van der Waals surface area contributed by atoms with Gasteiger partial charge >= 0.3 is 5.97 Å². The highest BCUT2D eigenvalue weighted by atomic mass is 16.5. The Morgan fingerprint density at radius 1 is 1.55 bits per heavy atom. The minimum atomic E-state index is -0.801. The summed E-state index contributed by atoms with van der Waals surface area (Å²) in [4.78, 5) is 28.8. The summed E-state index contributed by atoms with van der Waals surface area (Å²) in [5, 5.41) is 10.1. The van der Waals surface area contributed by atoms with Gasteiger partial charge in [-0.1, -0.05) is 0 Å². The minimum Gasteiger partial charge on any atom is -0.488 e. The van der Waals surface area contributed by atoms with E-state index in [1.807, 2.05) is 6.92 Å². The van der Waals surface area contributed by atoms with Gasteiger partial charge in [-0.25, -0.2) is 9.78 Å². The number of carbonyl (C=O) groups is 1. The highest BCUT2D eigenvalue weighted by Gasteiger charge is 2.26. The molecule has 1 atom stereocenters. The van der Waals surface area contributed by atoms with Crippen LogP contribution in [0.5, 0.6) is 5.75 Å². The summed E-state index contributed by atoms with van der Waals surface area (Å²) in [6.07, 6.45) is 0.647. The van der Waals surface area contributed by atoms with Gasteiger partial charge in [0.05, 0.1) is 12.0 Å². The highest BCUT2D eigenvalue weighted by molar-refractivity contribution is 5.93. The lowest BCUT2D eigenvalue weighted by Gasteiger charge is -2.11. The van der Waals surface area contributed by atoms with Crippen molar-refractivity contribution in [3.63, 3.8) is 0 Å². The maximum Gasteiger partial charge on any atom is 0.343 e. The van der Waals surface area contributed by atoms with Crippen LogP contribution in [0, 0.1) is 0 Å². The Labute approximate surface area is 126 Å². The third kappa shape index (κ3) is 2.14. The van der Waals surface area contributed by atoms with Gasteiger partial charge in [-0.2, -0.15) is 0 Å². The maximum atomic E-state index is 12.5. The van der Waals surface area contributed by atoms with Crippen molar-refractivity contribution in [1.29, 1.82) is 0 Å². The minimum absolute atomic E-state index is 0.0310. The van der Waals surface area contributed by atoms with Crippen molar-refractivity contribution in [2.45, 2.75) is 26.5 Å². The first-order valence-corrected chi connectivity index (χ1v) is 7.12. The van der Waals surface area contributed by atoms with Crippen LogP contribution < -0.4 is 10.2 Å².